The van der Waals surface area contributed by atoms with Crippen molar-refractivity contribution in [3.8, 4) is 0 Å². The average molecular weight is 444 g/mol. The first-order valence-corrected chi connectivity index (χ1v) is 9.72. The molecule has 0 aromatic rings. The van der Waals surface area contributed by atoms with E-state index in [9.17, 15) is 28.8 Å². The van der Waals surface area contributed by atoms with Gasteiger partial charge in [0.2, 0.25) is 29.5 Å². The summed E-state index contributed by atoms with van der Waals surface area (Å²) in [5.41, 5.74) is 15.8. The molecule has 0 aromatic carbocycles. The van der Waals surface area contributed by atoms with Crippen LogP contribution in [0.4, 0.5) is 0 Å². The highest BCUT2D eigenvalue weighted by molar-refractivity contribution is 5.94. The van der Waals surface area contributed by atoms with Crippen molar-refractivity contribution in [3.63, 3.8) is 0 Å². The number of amides is 5. The largest absolute Gasteiger partial charge is 0.480 e. The first kappa shape index (κ1) is 27.8. The van der Waals surface area contributed by atoms with Gasteiger partial charge in [-0.2, -0.15) is 0 Å². The lowest BCUT2D eigenvalue weighted by molar-refractivity contribution is -0.142. The summed E-state index contributed by atoms with van der Waals surface area (Å²) in [6.07, 6.45) is -0.802. The Morgan fingerprint density at radius 1 is 0.742 bits per heavy atom. The fourth-order valence-corrected chi connectivity index (χ4v) is 2.35. The Bertz CT molecular complexity index is 697. The highest BCUT2D eigenvalue weighted by Crippen LogP contribution is 2.04. The summed E-state index contributed by atoms with van der Waals surface area (Å²) in [5.74, 6) is -5.23. The topological polar surface area (TPSA) is 237 Å². The molecule has 0 saturated carbocycles. The number of nitrogens with one attached hydrogen (secondary N) is 3. The molecule has 0 aromatic heterocycles. The molecule has 0 rings (SSSR count). The Kier molecular flexibility index (Phi) is 11.8. The van der Waals surface area contributed by atoms with Crippen molar-refractivity contribution in [3.05, 3.63) is 0 Å². The molecule has 0 spiro atoms. The van der Waals surface area contributed by atoms with Crippen LogP contribution in [0.5, 0.6) is 0 Å². The summed E-state index contributed by atoms with van der Waals surface area (Å²) in [4.78, 5) is 70.2. The molecule has 0 heterocycles. The molecular formula is C18H32N6O7. The molecule has 5 amide bonds. The molecule has 13 heteroatoms. The van der Waals surface area contributed by atoms with Gasteiger partial charge in [-0.15, -0.1) is 0 Å². The SMILES string of the molecule is CC(NC(=O)C(CCC(N)=O)NC(=O)C(N)C(C)C)C(=O)NC(CCC(N)=O)C(=O)O. The molecule has 4 unspecified atom stereocenters. The molecule has 0 aliphatic rings. The number of nitrogens with two attached hydrogens (primary N) is 3. The van der Waals surface area contributed by atoms with E-state index in [4.69, 9.17) is 22.3 Å². The van der Waals surface area contributed by atoms with Gasteiger partial charge in [-0.25, -0.2) is 4.79 Å². The second kappa shape index (κ2) is 13.2. The van der Waals surface area contributed by atoms with Gasteiger partial charge in [-0.1, -0.05) is 13.8 Å². The minimum Gasteiger partial charge on any atom is -0.480 e. The van der Waals surface area contributed by atoms with Gasteiger partial charge in [0.25, 0.3) is 0 Å². The number of primary amides is 2. The van der Waals surface area contributed by atoms with Gasteiger partial charge in [0, 0.05) is 12.8 Å². The number of carboxylic acids is 1. The summed E-state index contributed by atoms with van der Waals surface area (Å²) in [7, 11) is 0. The van der Waals surface area contributed by atoms with Crippen LogP contribution >= 0.6 is 0 Å². The van der Waals surface area contributed by atoms with Crippen molar-refractivity contribution < 1.29 is 33.9 Å². The maximum absolute atomic E-state index is 12.6. The van der Waals surface area contributed by atoms with Crippen molar-refractivity contribution in [2.45, 2.75) is 70.6 Å². The van der Waals surface area contributed by atoms with Crippen molar-refractivity contribution in [2.24, 2.45) is 23.1 Å². The van der Waals surface area contributed by atoms with Crippen LogP contribution < -0.4 is 33.2 Å². The minimum absolute atomic E-state index is 0.123. The summed E-state index contributed by atoms with van der Waals surface area (Å²) in [6.45, 7) is 4.73. The molecule has 4 atom stereocenters. The Hall–Kier alpha value is -3.22. The maximum Gasteiger partial charge on any atom is 0.326 e. The monoisotopic (exact) mass is 444 g/mol. The second-order valence-electron chi connectivity index (χ2n) is 7.47. The fraction of sp³-hybridized carbons (Fsp3) is 0.667. The van der Waals surface area contributed by atoms with Crippen molar-refractivity contribution in [1.29, 1.82) is 0 Å². The smallest absolute Gasteiger partial charge is 0.326 e. The van der Waals surface area contributed by atoms with E-state index in [1.807, 2.05) is 0 Å². The fourth-order valence-electron chi connectivity index (χ4n) is 2.35. The molecular weight excluding hydrogens is 412 g/mol. The Labute approximate surface area is 179 Å². The van der Waals surface area contributed by atoms with Crippen LogP contribution in [-0.2, 0) is 28.8 Å². The summed E-state index contributed by atoms with van der Waals surface area (Å²) >= 11 is 0. The van der Waals surface area contributed by atoms with E-state index in [1.54, 1.807) is 13.8 Å². The highest BCUT2D eigenvalue weighted by atomic mass is 16.4. The molecule has 0 radical (unpaired) electrons. The number of carbonyl (C=O) groups is 6. The maximum atomic E-state index is 12.6. The zero-order chi connectivity index (χ0) is 24.3. The molecule has 0 aliphatic heterocycles. The third-order valence-electron chi connectivity index (χ3n) is 4.38. The highest BCUT2D eigenvalue weighted by Gasteiger charge is 2.29. The molecule has 176 valence electrons. The molecule has 0 bridgehead atoms. The van der Waals surface area contributed by atoms with Crippen LogP contribution in [0.25, 0.3) is 0 Å². The Morgan fingerprint density at radius 2 is 1.19 bits per heavy atom. The van der Waals surface area contributed by atoms with Gasteiger partial charge in [-0.3, -0.25) is 24.0 Å². The molecule has 10 N–H and O–H groups in total. The lowest BCUT2D eigenvalue weighted by Gasteiger charge is -2.24. The third kappa shape index (κ3) is 10.9. The minimum atomic E-state index is -1.38. The standard InChI is InChI=1S/C18H32N6O7/c1-8(2)14(21)17(29)23-10(4-6-12(19)25)16(28)22-9(3)15(27)24-11(18(30)31)5-7-13(20)26/h8-11,14H,4-7,21H2,1-3H3,(H2,19,25)(H2,20,26)(H,22,28)(H,23,29)(H,24,27)(H,30,31). The van der Waals surface area contributed by atoms with Crippen LogP contribution in [0.3, 0.4) is 0 Å². The molecule has 0 saturated heterocycles. The van der Waals surface area contributed by atoms with Gasteiger partial charge in [-0.05, 0) is 25.7 Å². The van der Waals surface area contributed by atoms with E-state index >= 15 is 0 Å². The number of hydrogen-bond donors (Lipinski definition) is 7. The van der Waals surface area contributed by atoms with Crippen molar-refractivity contribution in [2.75, 3.05) is 0 Å². The van der Waals surface area contributed by atoms with Gasteiger partial charge >= 0.3 is 5.97 Å². The average Bonchev–Trinajstić information content (AvgIpc) is 2.66. The Morgan fingerprint density at radius 3 is 1.61 bits per heavy atom. The normalized spacial score (nSPS) is 14.6. The third-order valence-corrected chi connectivity index (χ3v) is 4.38. The molecule has 0 aliphatic carbocycles. The van der Waals surface area contributed by atoms with Crippen LogP contribution in [0.2, 0.25) is 0 Å². The second-order valence-corrected chi connectivity index (χ2v) is 7.47. The number of rotatable bonds is 14. The van der Waals surface area contributed by atoms with Crippen LogP contribution in [-0.4, -0.2) is 64.8 Å². The lowest BCUT2D eigenvalue weighted by Crippen LogP contribution is -2.57. The Balaban J connectivity index is 5.12. The molecule has 31 heavy (non-hydrogen) atoms. The van der Waals surface area contributed by atoms with E-state index in [1.165, 1.54) is 6.92 Å². The zero-order valence-corrected chi connectivity index (χ0v) is 17.8. The predicted molar refractivity (Wildman–Crippen MR) is 109 cm³/mol. The predicted octanol–water partition coefficient (Wildman–Crippen LogP) is -2.94. The quantitative estimate of drug-likeness (QED) is 0.146. The summed E-state index contributed by atoms with van der Waals surface area (Å²) in [6, 6.07) is -4.65. The lowest BCUT2D eigenvalue weighted by atomic mass is 10.0. The van der Waals surface area contributed by atoms with E-state index in [-0.39, 0.29) is 31.6 Å². The number of hydrogen-bond acceptors (Lipinski definition) is 7. The van der Waals surface area contributed by atoms with E-state index in [0.717, 1.165) is 0 Å². The molecule has 0 fully saturated rings. The first-order valence-electron chi connectivity index (χ1n) is 9.72. The van der Waals surface area contributed by atoms with E-state index in [0.29, 0.717) is 0 Å². The van der Waals surface area contributed by atoms with E-state index < -0.39 is 59.7 Å². The summed E-state index contributed by atoms with van der Waals surface area (Å²) in [5, 5.41) is 16.1. The molecule has 13 nitrogen and oxygen atoms in total. The van der Waals surface area contributed by atoms with Gasteiger partial charge in [0.15, 0.2) is 0 Å². The van der Waals surface area contributed by atoms with Crippen molar-refractivity contribution in [1.82, 2.24) is 16.0 Å². The van der Waals surface area contributed by atoms with Gasteiger partial charge in [0.05, 0.1) is 6.04 Å². The summed E-state index contributed by atoms with van der Waals surface area (Å²) < 4.78 is 0. The zero-order valence-electron chi connectivity index (χ0n) is 17.8. The van der Waals surface area contributed by atoms with Gasteiger partial charge < -0.3 is 38.3 Å². The van der Waals surface area contributed by atoms with Crippen molar-refractivity contribution >= 4 is 35.5 Å². The number of aliphatic carboxylic acids is 1. The number of carbonyl (C=O) groups excluding carboxylic acids is 5. The number of carboxylic acid groups (broad SMARTS) is 1. The van der Waals surface area contributed by atoms with E-state index in [2.05, 4.69) is 16.0 Å². The van der Waals surface area contributed by atoms with Crippen LogP contribution in [0.15, 0.2) is 0 Å². The van der Waals surface area contributed by atoms with Crippen LogP contribution in [0.1, 0.15) is 46.5 Å². The van der Waals surface area contributed by atoms with Crippen LogP contribution in [0, 0.1) is 5.92 Å². The van der Waals surface area contributed by atoms with Gasteiger partial charge in [0.1, 0.15) is 18.1 Å². The first-order chi connectivity index (χ1) is 14.3.